The Bertz CT molecular complexity index is 974. The molecular formula is C27H34N2O5. The molecule has 2 aromatic rings. The summed E-state index contributed by atoms with van der Waals surface area (Å²) in [4.78, 5) is 36.5. The van der Waals surface area contributed by atoms with Crippen molar-refractivity contribution in [3.63, 3.8) is 0 Å². The van der Waals surface area contributed by atoms with Crippen molar-refractivity contribution in [2.45, 2.75) is 64.5 Å². The van der Waals surface area contributed by atoms with Gasteiger partial charge >= 0.3 is 12.1 Å². The smallest absolute Gasteiger partial charge is 0.407 e. The Kier molecular flexibility index (Phi) is 8.68. The molecule has 0 spiro atoms. The summed E-state index contributed by atoms with van der Waals surface area (Å²) < 4.78 is 5.60. The first kappa shape index (κ1) is 25.3. The van der Waals surface area contributed by atoms with E-state index in [0.29, 0.717) is 12.8 Å². The number of hydrogen-bond donors (Lipinski definition) is 3. The highest BCUT2D eigenvalue weighted by Gasteiger charge is 2.30. The van der Waals surface area contributed by atoms with Crippen molar-refractivity contribution in [1.82, 2.24) is 10.6 Å². The first-order chi connectivity index (χ1) is 16.3. The summed E-state index contributed by atoms with van der Waals surface area (Å²) in [5.74, 6) is -1.53. The largest absolute Gasteiger partial charge is 0.480 e. The lowest BCUT2D eigenvalue weighted by Gasteiger charge is -2.23. The number of hydrogen-bond acceptors (Lipinski definition) is 4. The number of amides is 2. The number of fused-ring (bicyclic) bond motifs is 3. The number of benzene rings is 2. The summed E-state index contributed by atoms with van der Waals surface area (Å²) in [5.41, 5.74) is 4.56. The number of carbonyl (C=O) groups is 3. The van der Waals surface area contributed by atoms with Gasteiger partial charge < -0.3 is 20.5 Å². The normalized spacial score (nSPS) is 14.1. The Morgan fingerprint density at radius 3 is 2.09 bits per heavy atom. The number of carboxylic acids is 1. The quantitative estimate of drug-likeness (QED) is 0.445. The Hall–Kier alpha value is -3.35. The van der Waals surface area contributed by atoms with Gasteiger partial charge in [0.2, 0.25) is 5.91 Å². The molecule has 182 valence electrons. The van der Waals surface area contributed by atoms with Crippen LogP contribution in [-0.2, 0) is 14.3 Å². The molecule has 2 aromatic carbocycles. The van der Waals surface area contributed by atoms with E-state index in [4.69, 9.17) is 4.74 Å². The second-order valence-corrected chi connectivity index (χ2v) is 9.13. The summed E-state index contributed by atoms with van der Waals surface area (Å²) in [5, 5.41) is 14.7. The molecular weight excluding hydrogens is 432 g/mol. The highest BCUT2D eigenvalue weighted by Crippen LogP contribution is 2.44. The number of carbonyl (C=O) groups excluding carboxylic acids is 2. The van der Waals surface area contributed by atoms with Crippen molar-refractivity contribution in [3.8, 4) is 11.1 Å². The lowest BCUT2D eigenvalue weighted by atomic mass is 9.98. The van der Waals surface area contributed by atoms with Gasteiger partial charge in [-0.3, -0.25) is 4.79 Å². The van der Waals surface area contributed by atoms with Crippen LogP contribution in [0.25, 0.3) is 11.1 Å². The van der Waals surface area contributed by atoms with E-state index in [9.17, 15) is 19.5 Å². The maximum Gasteiger partial charge on any atom is 0.407 e. The van der Waals surface area contributed by atoms with Crippen LogP contribution in [0.15, 0.2) is 48.5 Å². The molecule has 0 saturated carbocycles. The van der Waals surface area contributed by atoms with Crippen molar-refractivity contribution < 1.29 is 24.2 Å². The van der Waals surface area contributed by atoms with E-state index >= 15 is 0 Å². The predicted octanol–water partition coefficient (Wildman–Crippen LogP) is 4.70. The zero-order valence-corrected chi connectivity index (χ0v) is 20.0. The van der Waals surface area contributed by atoms with Crippen molar-refractivity contribution in [2.24, 2.45) is 5.92 Å². The molecule has 2 atom stereocenters. The number of nitrogens with one attached hydrogen (secondary N) is 2. The van der Waals surface area contributed by atoms with Gasteiger partial charge in [0.05, 0.1) is 0 Å². The monoisotopic (exact) mass is 466 g/mol. The van der Waals surface area contributed by atoms with E-state index in [1.807, 2.05) is 45.0 Å². The molecule has 0 aromatic heterocycles. The van der Waals surface area contributed by atoms with E-state index in [1.165, 1.54) is 0 Å². The zero-order valence-electron chi connectivity index (χ0n) is 20.0. The highest BCUT2D eigenvalue weighted by atomic mass is 16.5. The average molecular weight is 467 g/mol. The average Bonchev–Trinajstić information content (AvgIpc) is 3.13. The van der Waals surface area contributed by atoms with Gasteiger partial charge in [-0.1, -0.05) is 82.1 Å². The summed E-state index contributed by atoms with van der Waals surface area (Å²) in [6.07, 6.45) is 1.33. The molecule has 0 saturated heterocycles. The molecule has 0 radical (unpaired) electrons. The molecule has 3 rings (SSSR count). The van der Waals surface area contributed by atoms with Crippen molar-refractivity contribution in [3.05, 3.63) is 59.7 Å². The molecule has 1 aliphatic carbocycles. The van der Waals surface area contributed by atoms with Gasteiger partial charge in [0.1, 0.15) is 12.6 Å². The number of carboxylic acid groups (broad SMARTS) is 1. The fourth-order valence-electron chi connectivity index (χ4n) is 4.36. The molecule has 7 heteroatoms. The lowest BCUT2D eigenvalue weighted by molar-refractivity contribution is -0.142. The Balaban J connectivity index is 1.58. The molecule has 0 bridgehead atoms. The van der Waals surface area contributed by atoms with E-state index in [2.05, 4.69) is 34.9 Å². The molecule has 0 fully saturated rings. The van der Waals surface area contributed by atoms with Crippen LogP contribution in [0, 0.1) is 5.92 Å². The minimum Gasteiger partial charge on any atom is -0.480 e. The zero-order chi connectivity index (χ0) is 24.7. The number of aliphatic carboxylic acids is 1. The van der Waals surface area contributed by atoms with Crippen LogP contribution in [-0.4, -0.2) is 41.8 Å². The van der Waals surface area contributed by atoms with Crippen LogP contribution < -0.4 is 10.6 Å². The second kappa shape index (κ2) is 11.7. The van der Waals surface area contributed by atoms with Gasteiger partial charge in [-0.25, -0.2) is 9.59 Å². The summed E-state index contributed by atoms with van der Waals surface area (Å²) in [6.45, 7) is 5.95. The van der Waals surface area contributed by atoms with Crippen LogP contribution in [0.4, 0.5) is 4.79 Å². The van der Waals surface area contributed by atoms with Crippen LogP contribution in [0.5, 0.6) is 0 Å². The number of alkyl carbamates (subject to hydrolysis) is 1. The van der Waals surface area contributed by atoms with Gasteiger partial charge in [-0.05, 0) is 34.6 Å². The molecule has 1 aliphatic rings. The minimum atomic E-state index is -1.05. The van der Waals surface area contributed by atoms with Gasteiger partial charge in [0, 0.05) is 18.4 Å². The molecule has 0 aliphatic heterocycles. The summed E-state index contributed by atoms with van der Waals surface area (Å²) >= 11 is 0. The first-order valence-corrected chi connectivity index (χ1v) is 12.0. The van der Waals surface area contributed by atoms with Crippen molar-refractivity contribution in [2.75, 3.05) is 6.61 Å². The maximum atomic E-state index is 12.6. The fourth-order valence-corrected chi connectivity index (χ4v) is 4.36. The topological polar surface area (TPSA) is 105 Å². The first-order valence-electron chi connectivity index (χ1n) is 12.0. The van der Waals surface area contributed by atoms with E-state index in [0.717, 1.165) is 28.7 Å². The second-order valence-electron chi connectivity index (χ2n) is 9.13. The molecule has 2 amide bonds. The highest BCUT2D eigenvalue weighted by molar-refractivity contribution is 5.84. The third kappa shape index (κ3) is 6.16. The minimum absolute atomic E-state index is 0.0161. The summed E-state index contributed by atoms with van der Waals surface area (Å²) in [6, 6.07) is 14.8. The molecule has 7 nitrogen and oxygen atoms in total. The Morgan fingerprint density at radius 2 is 1.56 bits per heavy atom. The molecule has 34 heavy (non-hydrogen) atoms. The van der Waals surface area contributed by atoms with E-state index < -0.39 is 30.1 Å². The van der Waals surface area contributed by atoms with Gasteiger partial charge in [-0.2, -0.15) is 0 Å². The van der Waals surface area contributed by atoms with Gasteiger partial charge in [0.25, 0.3) is 0 Å². The third-order valence-electron chi connectivity index (χ3n) is 6.34. The number of rotatable bonds is 11. The molecule has 0 heterocycles. The number of ether oxygens (including phenoxy) is 1. The Labute approximate surface area is 200 Å². The molecule has 3 N–H and O–H groups in total. The van der Waals surface area contributed by atoms with Crippen LogP contribution >= 0.6 is 0 Å². The van der Waals surface area contributed by atoms with Gasteiger partial charge in [-0.15, -0.1) is 0 Å². The molecule has 2 unspecified atom stereocenters. The Morgan fingerprint density at radius 1 is 0.971 bits per heavy atom. The lowest BCUT2D eigenvalue weighted by Crippen LogP contribution is -2.46. The third-order valence-corrected chi connectivity index (χ3v) is 6.34. The maximum absolute atomic E-state index is 12.6. The van der Waals surface area contributed by atoms with Crippen LogP contribution in [0.2, 0.25) is 0 Å². The number of unbranched alkanes of at least 4 members (excludes halogenated alkanes) is 1. The van der Waals surface area contributed by atoms with Crippen LogP contribution in [0.1, 0.15) is 63.5 Å². The SMILES string of the molecule is CCCCC(NC(=O)CC(NC(=O)OCC1c2ccccc2-c2ccccc21)C(C)C)C(=O)O. The van der Waals surface area contributed by atoms with Crippen molar-refractivity contribution >= 4 is 18.0 Å². The van der Waals surface area contributed by atoms with E-state index in [-0.39, 0.29) is 24.9 Å². The fraction of sp³-hybridized carbons (Fsp3) is 0.444. The standard InChI is InChI=1S/C27H34N2O5/c1-4-5-14-23(26(31)32)28-25(30)15-24(17(2)3)29-27(33)34-16-22-20-12-8-6-10-18(20)19-11-7-9-13-21(19)22/h6-13,17,22-24H,4-5,14-16H2,1-3H3,(H,28,30)(H,29,33)(H,31,32). The predicted molar refractivity (Wildman–Crippen MR) is 131 cm³/mol. The summed E-state index contributed by atoms with van der Waals surface area (Å²) in [7, 11) is 0. The van der Waals surface area contributed by atoms with Crippen molar-refractivity contribution in [1.29, 1.82) is 0 Å². The van der Waals surface area contributed by atoms with E-state index in [1.54, 1.807) is 0 Å². The van der Waals surface area contributed by atoms with Gasteiger partial charge in [0.15, 0.2) is 0 Å². The van der Waals surface area contributed by atoms with Crippen LogP contribution in [0.3, 0.4) is 0 Å².